The Bertz CT molecular complexity index is 365. The Labute approximate surface area is 85.0 Å². The van der Waals surface area contributed by atoms with Gasteiger partial charge in [0.25, 0.3) is 10.0 Å². The SMILES string of the molecule is CC(C)C.Cn1cnc(S(N)(=O)=O)c1. The van der Waals surface area contributed by atoms with Crippen molar-refractivity contribution in [2.45, 2.75) is 25.8 Å². The molecule has 14 heavy (non-hydrogen) atoms. The molecule has 0 saturated heterocycles. The molecule has 82 valence electrons. The van der Waals surface area contributed by atoms with Gasteiger partial charge in [-0.25, -0.2) is 18.5 Å². The van der Waals surface area contributed by atoms with Gasteiger partial charge in [0.05, 0.1) is 6.33 Å². The molecule has 0 radical (unpaired) electrons. The van der Waals surface area contributed by atoms with E-state index in [4.69, 9.17) is 5.14 Å². The van der Waals surface area contributed by atoms with E-state index >= 15 is 0 Å². The zero-order chi connectivity index (χ0) is 11.4. The van der Waals surface area contributed by atoms with Crippen LogP contribution in [0.15, 0.2) is 17.6 Å². The summed E-state index contributed by atoms with van der Waals surface area (Å²) in [5.74, 6) is 0.833. The minimum Gasteiger partial charge on any atom is -0.339 e. The molecule has 0 fully saturated rings. The van der Waals surface area contributed by atoms with Crippen molar-refractivity contribution in [3.8, 4) is 0 Å². The van der Waals surface area contributed by atoms with Gasteiger partial charge in [0.2, 0.25) is 0 Å². The largest absolute Gasteiger partial charge is 0.339 e. The number of aryl methyl sites for hydroxylation is 1. The smallest absolute Gasteiger partial charge is 0.257 e. The second-order valence-corrected chi connectivity index (χ2v) is 5.16. The monoisotopic (exact) mass is 219 g/mol. The van der Waals surface area contributed by atoms with Crippen molar-refractivity contribution in [2.24, 2.45) is 18.1 Å². The molecule has 2 N–H and O–H groups in total. The third-order valence-electron chi connectivity index (χ3n) is 0.973. The van der Waals surface area contributed by atoms with Crippen LogP contribution in [0.2, 0.25) is 0 Å². The summed E-state index contributed by atoms with van der Waals surface area (Å²) < 4.78 is 22.6. The zero-order valence-corrected chi connectivity index (χ0v) is 9.75. The van der Waals surface area contributed by atoms with E-state index in [1.165, 1.54) is 17.1 Å². The van der Waals surface area contributed by atoms with Crippen molar-refractivity contribution in [2.75, 3.05) is 0 Å². The highest BCUT2D eigenvalue weighted by Gasteiger charge is 2.09. The normalized spacial score (nSPS) is 11.0. The van der Waals surface area contributed by atoms with E-state index in [-0.39, 0.29) is 5.03 Å². The Kier molecular flexibility index (Phi) is 4.79. The molecule has 1 rings (SSSR count). The molecule has 0 spiro atoms. The van der Waals surface area contributed by atoms with Crippen LogP contribution in [0.3, 0.4) is 0 Å². The molecular formula is C8H17N3O2S. The molecule has 6 heteroatoms. The number of imidazole rings is 1. The van der Waals surface area contributed by atoms with Crippen molar-refractivity contribution in [1.82, 2.24) is 9.55 Å². The standard InChI is InChI=1S/C4H7N3O2S.C4H10/c1-7-2-4(6-3-7)10(5,8)9;1-4(2)3/h2-3H,1H3,(H2,5,8,9);4H,1-3H3. The van der Waals surface area contributed by atoms with Gasteiger partial charge < -0.3 is 4.57 Å². The molecule has 0 aromatic carbocycles. The van der Waals surface area contributed by atoms with E-state index in [2.05, 4.69) is 25.8 Å². The number of hydrogen-bond donors (Lipinski definition) is 1. The van der Waals surface area contributed by atoms with Gasteiger partial charge in [0, 0.05) is 13.2 Å². The number of hydrogen-bond acceptors (Lipinski definition) is 3. The number of sulfonamides is 1. The van der Waals surface area contributed by atoms with E-state index < -0.39 is 10.0 Å². The first-order chi connectivity index (χ1) is 6.23. The van der Waals surface area contributed by atoms with Crippen LogP contribution >= 0.6 is 0 Å². The molecule has 1 heterocycles. The van der Waals surface area contributed by atoms with Crippen molar-refractivity contribution >= 4 is 10.0 Å². The van der Waals surface area contributed by atoms with Gasteiger partial charge in [-0.3, -0.25) is 0 Å². The molecule has 0 bridgehead atoms. The molecular weight excluding hydrogens is 202 g/mol. The quantitative estimate of drug-likeness (QED) is 0.756. The summed E-state index contributed by atoms with van der Waals surface area (Å²) in [6, 6.07) is 0. The molecule has 0 aliphatic rings. The van der Waals surface area contributed by atoms with Crippen LogP contribution in [0.5, 0.6) is 0 Å². The number of rotatable bonds is 1. The van der Waals surface area contributed by atoms with Gasteiger partial charge in [-0.15, -0.1) is 0 Å². The molecule has 0 saturated carbocycles. The summed E-state index contributed by atoms with van der Waals surface area (Å²) in [5.41, 5.74) is 0. The van der Waals surface area contributed by atoms with Crippen LogP contribution in [0.1, 0.15) is 20.8 Å². The summed E-state index contributed by atoms with van der Waals surface area (Å²) >= 11 is 0. The van der Waals surface area contributed by atoms with Crippen LogP contribution < -0.4 is 5.14 Å². The highest BCUT2D eigenvalue weighted by atomic mass is 32.2. The maximum atomic E-state index is 10.5. The Morgan fingerprint density at radius 3 is 2.00 bits per heavy atom. The third-order valence-corrected chi connectivity index (χ3v) is 1.77. The fourth-order valence-electron chi connectivity index (χ4n) is 0.536. The predicted octanol–water partition coefficient (Wildman–Crippen LogP) is 0.730. The van der Waals surface area contributed by atoms with Crippen molar-refractivity contribution in [3.05, 3.63) is 12.5 Å². The topological polar surface area (TPSA) is 78.0 Å². The first-order valence-corrected chi connectivity index (χ1v) is 5.79. The summed E-state index contributed by atoms with van der Waals surface area (Å²) in [6.07, 6.45) is 2.72. The number of aromatic nitrogens is 2. The van der Waals surface area contributed by atoms with Crippen molar-refractivity contribution in [3.63, 3.8) is 0 Å². The summed E-state index contributed by atoms with van der Waals surface area (Å²) in [5, 5.41) is 4.66. The lowest BCUT2D eigenvalue weighted by atomic mass is 10.3. The maximum absolute atomic E-state index is 10.5. The molecule has 5 nitrogen and oxygen atoms in total. The van der Waals surface area contributed by atoms with Crippen LogP contribution in [-0.2, 0) is 17.1 Å². The van der Waals surface area contributed by atoms with Crippen LogP contribution in [0.4, 0.5) is 0 Å². The van der Waals surface area contributed by atoms with Crippen LogP contribution in [0, 0.1) is 5.92 Å². The molecule has 0 atom stereocenters. The van der Waals surface area contributed by atoms with E-state index in [0.717, 1.165) is 5.92 Å². The molecule has 0 unspecified atom stereocenters. The summed E-state index contributed by atoms with van der Waals surface area (Å²) in [7, 11) is -1.95. The average molecular weight is 219 g/mol. The second-order valence-electron chi connectivity index (χ2n) is 3.65. The number of nitrogens with two attached hydrogens (primary N) is 1. The lowest BCUT2D eigenvalue weighted by molar-refractivity contribution is 0.594. The summed E-state index contributed by atoms with van der Waals surface area (Å²) in [6.45, 7) is 6.50. The Morgan fingerprint density at radius 1 is 1.43 bits per heavy atom. The van der Waals surface area contributed by atoms with Crippen molar-refractivity contribution < 1.29 is 8.42 Å². The highest BCUT2D eigenvalue weighted by molar-refractivity contribution is 7.89. The minimum atomic E-state index is -3.61. The maximum Gasteiger partial charge on any atom is 0.257 e. The first kappa shape index (κ1) is 13.1. The Hall–Kier alpha value is -0.880. The van der Waals surface area contributed by atoms with Gasteiger partial charge in [-0.05, 0) is 5.92 Å². The molecule has 0 aliphatic carbocycles. The predicted molar refractivity (Wildman–Crippen MR) is 55.1 cm³/mol. The van der Waals surface area contributed by atoms with Gasteiger partial charge in [0.15, 0.2) is 5.03 Å². The first-order valence-electron chi connectivity index (χ1n) is 4.24. The van der Waals surface area contributed by atoms with E-state index in [1.807, 2.05) is 0 Å². The molecule has 0 amide bonds. The van der Waals surface area contributed by atoms with Crippen LogP contribution in [-0.4, -0.2) is 18.0 Å². The molecule has 1 aromatic rings. The Balaban J connectivity index is 0.000000364. The summed E-state index contributed by atoms with van der Waals surface area (Å²) in [4.78, 5) is 3.54. The van der Waals surface area contributed by atoms with Gasteiger partial charge in [0.1, 0.15) is 0 Å². The number of nitrogens with zero attached hydrogens (tertiary/aromatic N) is 2. The van der Waals surface area contributed by atoms with E-state index in [0.29, 0.717) is 0 Å². The number of primary sulfonamides is 1. The van der Waals surface area contributed by atoms with Gasteiger partial charge >= 0.3 is 0 Å². The molecule has 0 aliphatic heterocycles. The average Bonchev–Trinajstić information content (AvgIpc) is 2.32. The van der Waals surface area contributed by atoms with Gasteiger partial charge in [-0.2, -0.15) is 0 Å². The van der Waals surface area contributed by atoms with Crippen LogP contribution in [0.25, 0.3) is 0 Å². The molecule has 1 aromatic heterocycles. The fourth-order valence-corrected chi connectivity index (χ4v) is 1.04. The minimum absolute atomic E-state index is 0.102. The second kappa shape index (κ2) is 5.11. The highest BCUT2D eigenvalue weighted by Crippen LogP contribution is 1.99. The van der Waals surface area contributed by atoms with Crippen molar-refractivity contribution in [1.29, 1.82) is 0 Å². The van der Waals surface area contributed by atoms with E-state index in [1.54, 1.807) is 7.05 Å². The lowest BCUT2D eigenvalue weighted by Crippen LogP contribution is -2.12. The van der Waals surface area contributed by atoms with E-state index in [9.17, 15) is 8.42 Å². The lowest BCUT2D eigenvalue weighted by Gasteiger charge is -1.86. The van der Waals surface area contributed by atoms with Gasteiger partial charge in [-0.1, -0.05) is 20.8 Å². The zero-order valence-electron chi connectivity index (χ0n) is 8.93. The third kappa shape index (κ3) is 5.71. The Morgan fingerprint density at radius 2 is 1.86 bits per heavy atom. The fraction of sp³-hybridized carbons (Fsp3) is 0.625.